The van der Waals surface area contributed by atoms with Gasteiger partial charge < -0.3 is 10.1 Å². The van der Waals surface area contributed by atoms with Crippen molar-refractivity contribution in [3.63, 3.8) is 0 Å². The molecule has 0 spiro atoms. The Balaban J connectivity index is 1.73. The van der Waals surface area contributed by atoms with Gasteiger partial charge in [-0.1, -0.05) is 0 Å². The third kappa shape index (κ3) is 2.53. The quantitative estimate of drug-likeness (QED) is 0.841. The summed E-state index contributed by atoms with van der Waals surface area (Å²) in [5.41, 5.74) is 2.62. The van der Waals surface area contributed by atoms with Gasteiger partial charge in [-0.2, -0.15) is 5.10 Å². The molecule has 1 atom stereocenters. The van der Waals surface area contributed by atoms with Crippen LogP contribution in [0.1, 0.15) is 36.9 Å². The summed E-state index contributed by atoms with van der Waals surface area (Å²) < 4.78 is 7.70. The van der Waals surface area contributed by atoms with Crippen molar-refractivity contribution in [1.29, 1.82) is 0 Å². The van der Waals surface area contributed by atoms with Gasteiger partial charge in [0.15, 0.2) is 0 Å². The van der Waals surface area contributed by atoms with Crippen LogP contribution in [-0.2, 0) is 17.8 Å². The van der Waals surface area contributed by atoms with Gasteiger partial charge in [-0.25, -0.2) is 0 Å². The van der Waals surface area contributed by atoms with Crippen LogP contribution in [-0.4, -0.2) is 29.5 Å². The Morgan fingerprint density at radius 2 is 2.41 bits per heavy atom. The molecule has 1 aromatic heterocycles. The second-order valence-corrected chi connectivity index (χ2v) is 5.18. The molecule has 2 aliphatic rings. The van der Waals surface area contributed by atoms with Crippen molar-refractivity contribution < 1.29 is 4.74 Å². The van der Waals surface area contributed by atoms with E-state index in [1.54, 1.807) is 0 Å². The lowest BCUT2D eigenvalue weighted by molar-refractivity contribution is 0.129. The monoisotopic (exact) mass is 235 g/mol. The Bertz CT molecular complexity index is 384. The van der Waals surface area contributed by atoms with Gasteiger partial charge in [0.2, 0.25) is 0 Å². The van der Waals surface area contributed by atoms with E-state index in [1.165, 1.54) is 24.1 Å². The van der Waals surface area contributed by atoms with Gasteiger partial charge in [0.25, 0.3) is 0 Å². The van der Waals surface area contributed by atoms with E-state index in [9.17, 15) is 0 Å². The van der Waals surface area contributed by atoms with Crippen LogP contribution in [0.5, 0.6) is 0 Å². The van der Waals surface area contributed by atoms with Crippen molar-refractivity contribution in [2.75, 3.05) is 19.8 Å². The molecule has 1 saturated carbocycles. The van der Waals surface area contributed by atoms with Crippen molar-refractivity contribution in [3.8, 4) is 0 Å². The second kappa shape index (κ2) is 4.78. The SMILES string of the molecule is CCOC[C@H]1CNCc2nn(CC3CC3)cc21. The van der Waals surface area contributed by atoms with E-state index >= 15 is 0 Å². The molecule has 1 aliphatic heterocycles. The first-order chi connectivity index (χ1) is 8.36. The van der Waals surface area contributed by atoms with E-state index in [1.807, 2.05) is 6.92 Å². The van der Waals surface area contributed by atoms with Crippen LogP contribution in [0.25, 0.3) is 0 Å². The molecule has 4 nitrogen and oxygen atoms in total. The molecule has 1 N–H and O–H groups in total. The summed E-state index contributed by atoms with van der Waals surface area (Å²) in [4.78, 5) is 0. The minimum atomic E-state index is 0.478. The van der Waals surface area contributed by atoms with Gasteiger partial charge in [-0.3, -0.25) is 4.68 Å². The van der Waals surface area contributed by atoms with E-state index in [4.69, 9.17) is 4.74 Å². The van der Waals surface area contributed by atoms with E-state index in [0.29, 0.717) is 5.92 Å². The molecule has 1 fully saturated rings. The zero-order valence-electron chi connectivity index (χ0n) is 10.5. The molecule has 0 bridgehead atoms. The predicted octanol–water partition coefficient (Wildman–Crippen LogP) is 1.52. The largest absolute Gasteiger partial charge is 0.381 e. The molecule has 0 amide bonds. The summed E-state index contributed by atoms with van der Waals surface area (Å²) in [6.45, 7) is 6.69. The molecule has 0 aromatic carbocycles. The maximum atomic E-state index is 5.56. The maximum absolute atomic E-state index is 5.56. The van der Waals surface area contributed by atoms with Gasteiger partial charge in [-0.15, -0.1) is 0 Å². The molecule has 2 heterocycles. The number of fused-ring (bicyclic) bond motifs is 1. The smallest absolute Gasteiger partial charge is 0.0798 e. The van der Waals surface area contributed by atoms with E-state index in [-0.39, 0.29) is 0 Å². The highest BCUT2D eigenvalue weighted by molar-refractivity contribution is 5.25. The molecule has 1 aliphatic carbocycles. The Morgan fingerprint density at radius 3 is 3.18 bits per heavy atom. The third-order valence-electron chi connectivity index (χ3n) is 3.66. The van der Waals surface area contributed by atoms with Crippen molar-refractivity contribution >= 4 is 0 Å². The first-order valence-electron chi connectivity index (χ1n) is 6.71. The third-order valence-corrected chi connectivity index (χ3v) is 3.66. The van der Waals surface area contributed by atoms with Crippen molar-refractivity contribution in [2.45, 2.75) is 38.8 Å². The Hall–Kier alpha value is -0.870. The van der Waals surface area contributed by atoms with Crippen LogP contribution in [0.3, 0.4) is 0 Å². The summed E-state index contributed by atoms with van der Waals surface area (Å²) in [6.07, 6.45) is 5.01. The van der Waals surface area contributed by atoms with Gasteiger partial charge in [0, 0.05) is 43.9 Å². The highest BCUT2D eigenvalue weighted by Gasteiger charge is 2.26. The number of ether oxygens (including phenoxy) is 1. The number of hydrogen-bond acceptors (Lipinski definition) is 3. The molecular formula is C13H21N3O. The fourth-order valence-electron chi connectivity index (χ4n) is 2.50. The topological polar surface area (TPSA) is 39.1 Å². The predicted molar refractivity (Wildman–Crippen MR) is 65.9 cm³/mol. The van der Waals surface area contributed by atoms with Gasteiger partial charge in [-0.05, 0) is 25.7 Å². The average molecular weight is 235 g/mol. The normalized spacial score (nSPS) is 23.7. The molecule has 94 valence electrons. The molecule has 17 heavy (non-hydrogen) atoms. The zero-order chi connectivity index (χ0) is 11.7. The lowest BCUT2D eigenvalue weighted by Crippen LogP contribution is -2.30. The highest BCUT2D eigenvalue weighted by Crippen LogP contribution is 2.31. The van der Waals surface area contributed by atoms with Crippen LogP contribution in [0.2, 0.25) is 0 Å². The fourth-order valence-corrected chi connectivity index (χ4v) is 2.50. The summed E-state index contributed by atoms with van der Waals surface area (Å²) in [6, 6.07) is 0. The molecule has 0 radical (unpaired) electrons. The number of nitrogens with one attached hydrogen (secondary N) is 1. The van der Waals surface area contributed by atoms with Crippen molar-refractivity contribution in [1.82, 2.24) is 15.1 Å². The van der Waals surface area contributed by atoms with Gasteiger partial charge >= 0.3 is 0 Å². The van der Waals surface area contributed by atoms with E-state index in [0.717, 1.165) is 38.8 Å². The molecule has 3 rings (SSSR count). The van der Waals surface area contributed by atoms with Crippen LogP contribution in [0.15, 0.2) is 6.20 Å². The molecule has 0 saturated heterocycles. The minimum Gasteiger partial charge on any atom is -0.381 e. The van der Waals surface area contributed by atoms with E-state index < -0.39 is 0 Å². The second-order valence-electron chi connectivity index (χ2n) is 5.18. The van der Waals surface area contributed by atoms with Gasteiger partial charge in [0.1, 0.15) is 0 Å². The Kier molecular flexibility index (Phi) is 3.16. The first kappa shape index (κ1) is 11.2. The van der Waals surface area contributed by atoms with Crippen LogP contribution >= 0.6 is 0 Å². The summed E-state index contributed by atoms with van der Waals surface area (Å²) in [7, 11) is 0. The minimum absolute atomic E-state index is 0.478. The van der Waals surface area contributed by atoms with Crippen LogP contribution in [0, 0.1) is 5.92 Å². The maximum Gasteiger partial charge on any atom is 0.0798 e. The summed E-state index contributed by atoms with van der Waals surface area (Å²) in [5, 5.41) is 8.11. The van der Waals surface area contributed by atoms with Crippen LogP contribution < -0.4 is 5.32 Å². The summed E-state index contributed by atoms with van der Waals surface area (Å²) >= 11 is 0. The lowest BCUT2D eigenvalue weighted by atomic mass is 9.97. The van der Waals surface area contributed by atoms with Crippen molar-refractivity contribution in [3.05, 3.63) is 17.5 Å². The van der Waals surface area contributed by atoms with E-state index in [2.05, 4.69) is 21.3 Å². The lowest BCUT2D eigenvalue weighted by Gasteiger charge is -2.21. The molecule has 0 unspecified atom stereocenters. The number of aromatic nitrogens is 2. The number of nitrogens with zero attached hydrogens (tertiary/aromatic N) is 2. The zero-order valence-corrected chi connectivity index (χ0v) is 10.5. The Morgan fingerprint density at radius 1 is 1.53 bits per heavy atom. The summed E-state index contributed by atoms with van der Waals surface area (Å²) in [5.74, 6) is 1.36. The molecule has 1 aromatic rings. The van der Waals surface area contributed by atoms with Crippen molar-refractivity contribution in [2.24, 2.45) is 5.92 Å². The average Bonchev–Trinajstić information content (AvgIpc) is 3.04. The van der Waals surface area contributed by atoms with Crippen LogP contribution in [0.4, 0.5) is 0 Å². The Labute approximate surface area is 102 Å². The highest BCUT2D eigenvalue weighted by atomic mass is 16.5. The van der Waals surface area contributed by atoms with Gasteiger partial charge in [0.05, 0.1) is 12.3 Å². The molecule has 4 heteroatoms. The number of rotatable bonds is 5. The standard InChI is InChI=1S/C13H21N3O/c1-2-17-9-11-5-14-6-13-12(11)8-16(15-13)7-10-3-4-10/h8,10-11,14H,2-7,9H2,1H3/t11-/m1/s1. The number of hydrogen-bond donors (Lipinski definition) is 1. The fraction of sp³-hybridized carbons (Fsp3) is 0.769. The molecular weight excluding hydrogens is 214 g/mol. The first-order valence-corrected chi connectivity index (χ1v) is 6.71.